The maximum Gasteiger partial charge on any atom is 0.0548 e. The van der Waals surface area contributed by atoms with E-state index in [4.69, 9.17) is 11.6 Å². The number of fused-ring (bicyclic) bond motifs is 2. The van der Waals surface area contributed by atoms with Gasteiger partial charge in [-0.2, -0.15) is 0 Å². The quantitative estimate of drug-likeness (QED) is 0.726. The third-order valence-corrected chi connectivity index (χ3v) is 6.43. The van der Waals surface area contributed by atoms with E-state index in [1.807, 2.05) is 6.07 Å². The van der Waals surface area contributed by atoms with E-state index in [-0.39, 0.29) is 0 Å². The van der Waals surface area contributed by atoms with Crippen molar-refractivity contribution in [2.75, 3.05) is 6.54 Å². The Labute approximate surface area is 135 Å². The molecular formula is C17H23BrClN. The van der Waals surface area contributed by atoms with Crippen LogP contribution < -0.4 is 5.32 Å². The predicted octanol–water partition coefficient (Wildman–Crippen LogP) is 5.58. The summed E-state index contributed by atoms with van der Waals surface area (Å²) >= 11 is 9.67. The molecule has 2 fully saturated rings. The molecule has 0 spiro atoms. The zero-order valence-corrected chi connectivity index (χ0v) is 14.4. The van der Waals surface area contributed by atoms with Gasteiger partial charge in [-0.25, -0.2) is 0 Å². The molecule has 4 atom stereocenters. The fraction of sp³-hybridized carbons (Fsp3) is 0.647. The van der Waals surface area contributed by atoms with E-state index in [1.165, 1.54) is 37.7 Å². The molecule has 2 aliphatic rings. The summed E-state index contributed by atoms with van der Waals surface area (Å²) in [5.74, 6) is 2.95. The molecule has 20 heavy (non-hydrogen) atoms. The Kier molecular flexibility index (Phi) is 4.74. The van der Waals surface area contributed by atoms with Gasteiger partial charge in [-0.3, -0.25) is 0 Å². The van der Waals surface area contributed by atoms with Gasteiger partial charge >= 0.3 is 0 Å². The Morgan fingerprint density at radius 3 is 2.80 bits per heavy atom. The second-order valence-corrected chi connectivity index (χ2v) is 7.72. The first-order valence-corrected chi connectivity index (χ1v) is 9.02. The Balaban J connectivity index is 1.73. The molecule has 0 aliphatic heterocycles. The summed E-state index contributed by atoms with van der Waals surface area (Å²) in [5, 5.41) is 4.46. The minimum absolute atomic E-state index is 0.470. The molecule has 4 unspecified atom stereocenters. The van der Waals surface area contributed by atoms with Gasteiger partial charge in [0.15, 0.2) is 0 Å². The highest BCUT2D eigenvalue weighted by atomic mass is 79.9. The van der Waals surface area contributed by atoms with Crippen LogP contribution in [0.1, 0.15) is 50.6 Å². The molecule has 0 saturated heterocycles. The lowest BCUT2D eigenvalue weighted by Gasteiger charge is -2.27. The van der Waals surface area contributed by atoms with Crippen molar-refractivity contribution < 1.29 is 0 Å². The monoisotopic (exact) mass is 355 g/mol. The SMILES string of the molecule is CCNC(CC1CC2CCC1C2)c1ccc(Cl)c(Br)c1. The average Bonchev–Trinajstić information content (AvgIpc) is 3.04. The zero-order chi connectivity index (χ0) is 14.1. The number of rotatable bonds is 5. The Morgan fingerprint density at radius 2 is 2.20 bits per heavy atom. The van der Waals surface area contributed by atoms with Gasteiger partial charge in [-0.05, 0) is 83.6 Å². The molecule has 0 aromatic heterocycles. The largest absolute Gasteiger partial charge is 0.310 e. The molecule has 3 heteroatoms. The van der Waals surface area contributed by atoms with Crippen molar-refractivity contribution in [3.05, 3.63) is 33.3 Å². The minimum Gasteiger partial charge on any atom is -0.310 e. The van der Waals surface area contributed by atoms with Gasteiger partial charge in [0.25, 0.3) is 0 Å². The van der Waals surface area contributed by atoms with Crippen LogP contribution in [-0.2, 0) is 0 Å². The van der Waals surface area contributed by atoms with Crippen molar-refractivity contribution in [2.45, 2.75) is 45.1 Å². The van der Waals surface area contributed by atoms with Crippen molar-refractivity contribution in [1.82, 2.24) is 5.32 Å². The van der Waals surface area contributed by atoms with Crippen molar-refractivity contribution >= 4 is 27.5 Å². The van der Waals surface area contributed by atoms with Gasteiger partial charge in [-0.15, -0.1) is 0 Å². The topological polar surface area (TPSA) is 12.0 Å². The van der Waals surface area contributed by atoms with Crippen LogP contribution in [0.25, 0.3) is 0 Å². The van der Waals surface area contributed by atoms with Crippen LogP contribution in [0, 0.1) is 17.8 Å². The number of benzene rings is 1. The Bertz CT molecular complexity index is 476. The van der Waals surface area contributed by atoms with E-state index < -0.39 is 0 Å². The molecule has 3 rings (SSSR count). The molecule has 2 aliphatic carbocycles. The second kappa shape index (κ2) is 6.37. The fourth-order valence-electron chi connectivity index (χ4n) is 4.28. The van der Waals surface area contributed by atoms with Crippen LogP contribution >= 0.6 is 27.5 Å². The summed E-state index contributed by atoms with van der Waals surface area (Å²) in [7, 11) is 0. The molecule has 1 aromatic carbocycles. The summed E-state index contributed by atoms with van der Waals surface area (Å²) in [6, 6.07) is 6.83. The molecule has 0 amide bonds. The van der Waals surface area contributed by atoms with Crippen LogP contribution in [0.4, 0.5) is 0 Å². The van der Waals surface area contributed by atoms with Crippen molar-refractivity contribution in [3.63, 3.8) is 0 Å². The highest BCUT2D eigenvalue weighted by Gasteiger charge is 2.40. The maximum atomic E-state index is 6.12. The van der Waals surface area contributed by atoms with E-state index in [9.17, 15) is 0 Å². The second-order valence-electron chi connectivity index (χ2n) is 6.45. The number of nitrogens with one attached hydrogen (secondary N) is 1. The molecule has 1 N–H and O–H groups in total. The van der Waals surface area contributed by atoms with E-state index >= 15 is 0 Å². The summed E-state index contributed by atoms with van der Waals surface area (Å²) in [4.78, 5) is 0. The lowest BCUT2D eigenvalue weighted by molar-refractivity contribution is 0.280. The van der Waals surface area contributed by atoms with E-state index in [0.29, 0.717) is 6.04 Å². The normalized spacial score (nSPS) is 29.9. The van der Waals surface area contributed by atoms with Crippen LogP contribution in [0.2, 0.25) is 5.02 Å². The highest BCUT2D eigenvalue weighted by Crippen LogP contribution is 2.51. The molecule has 2 bridgehead atoms. The van der Waals surface area contributed by atoms with E-state index in [2.05, 4.69) is 40.3 Å². The lowest BCUT2D eigenvalue weighted by atomic mass is 9.83. The van der Waals surface area contributed by atoms with Gasteiger partial charge in [0.1, 0.15) is 0 Å². The third kappa shape index (κ3) is 3.08. The Hall–Kier alpha value is -0.0500. The van der Waals surface area contributed by atoms with Gasteiger partial charge < -0.3 is 5.32 Å². The summed E-state index contributed by atoms with van der Waals surface area (Å²) in [6.45, 7) is 3.21. The first kappa shape index (κ1) is 14.9. The van der Waals surface area contributed by atoms with Crippen LogP contribution in [0.3, 0.4) is 0 Å². The Morgan fingerprint density at radius 1 is 1.35 bits per heavy atom. The van der Waals surface area contributed by atoms with Gasteiger partial charge in [-0.1, -0.05) is 31.0 Å². The lowest BCUT2D eigenvalue weighted by Crippen LogP contribution is -2.25. The molecule has 1 aromatic rings. The molecule has 110 valence electrons. The number of halogens is 2. The van der Waals surface area contributed by atoms with E-state index in [0.717, 1.165) is 33.8 Å². The number of hydrogen-bond donors (Lipinski definition) is 1. The molecule has 0 heterocycles. The fourth-order valence-corrected chi connectivity index (χ4v) is 4.79. The van der Waals surface area contributed by atoms with Crippen LogP contribution in [-0.4, -0.2) is 6.54 Å². The predicted molar refractivity (Wildman–Crippen MR) is 89.1 cm³/mol. The van der Waals surface area contributed by atoms with Crippen molar-refractivity contribution in [3.8, 4) is 0 Å². The zero-order valence-electron chi connectivity index (χ0n) is 12.0. The molecule has 2 saturated carbocycles. The minimum atomic E-state index is 0.470. The molecule has 0 radical (unpaired) electrons. The van der Waals surface area contributed by atoms with Crippen LogP contribution in [0.15, 0.2) is 22.7 Å². The maximum absolute atomic E-state index is 6.12. The van der Waals surface area contributed by atoms with Gasteiger partial charge in [0.05, 0.1) is 5.02 Å². The first-order chi connectivity index (χ1) is 9.67. The smallest absolute Gasteiger partial charge is 0.0548 e. The van der Waals surface area contributed by atoms with Gasteiger partial charge in [0, 0.05) is 10.5 Å². The van der Waals surface area contributed by atoms with Crippen molar-refractivity contribution in [1.29, 1.82) is 0 Å². The summed E-state index contributed by atoms with van der Waals surface area (Å²) in [6.07, 6.45) is 7.19. The van der Waals surface area contributed by atoms with Crippen LogP contribution in [0.5, 0.6) is 0 Å². The number of hydrogen-bond acceptors (Lipinski definition) is 1. The van der Waals surface area contributed by atoms with E-state index in [1.54, 1.807) is 0 Å². The summed E-state index contributed by atoms with van der Waals surface area (Å²) < 4.78 is 1.01. The first-order valence-electron chi connectivity index (χ1n) is 7.85. The summed E-state index contributed by atoms with van der Waals surface area (Å²) in [5.41, 5.74) is 1.37. The average molecular weight is 357 g/mol. The third-order valence-electron chi connectivity index (χ3n) is 5.22. The highest BCUT2D eigenvalue weighted by molar-refractivity contribution is 9.10. The van der Waals surface area contributed by atoms with Gasteiger partial charge in [0.2, 0.25) is 0 Å². The van der Waals surface area contributed by atoms with Crippen molar-refractivity contribution in [2.24, 2.45) is 17.8 Å². The molecule has 1 nitrogen and oxygen atoms in total. The standard InChI is InChI=1S/C17H23BrClN/c1-2-20-17(13-5-6-16(19)15(18)9-13)10-14-8-11-3-4-12(14)7-11/h5-6,9,11-12,14,17,20H,2-4,7-8,10H2,1H3. The molecular weight excluding hydrogens is 334 g/mol.